The third kappa shape index (κ3) is 1.43. The fourth-order valence-electron chi connectivity index (χ4n) is 4.94. The first-order valence-corrected chi connectivity index (χ1v) is 7.73. The predicted molar refractivity (Wildman–Crippen MR) is 74.7 cm³/mol. The summed E-state index contributed by atoms with van der Waals surface area (Å²) in [4.78, 5) is 2.86. The SMILES string of the molecule is c1ccc([C@H]2[C@@H]3CCCC[C@@]32N2CCCC2)cc1. The van der Waals surface area contributed by atoms with E-state index in [0.717, 1.165) is 11.8 Å². The summed E-state index contributed by atoms with van der Waals surface area (Å²) < 4.78 is 0. The maximum absolute atomic E-state index is 2.86. The van der Waals surface area contributed by atoms with Gasteiger partial charge in [-0.3, -0.25) is 4.90 Å². The summed E-state index contributed by atoms with van der Waals surface area (Å²) in [5.74, 6) is 1.81. The van der Waals surface area contributed by atoms with Gasteiger partial charge in [0.2, 0.25) is 0 Å². The number of benzene rings is 1. The molecule has 1 saturated heterocycles. The third-order valence-electron chi connectivity index (χ3n) is 5.67. The lowest BCUT2D eigenvalue weighted by atomic mass is 9.93. The van der Waals surface area contributed by atoms with Crippen LogP contribution in [0.2, 0.25) is 0 Å². The molecule has 1 heterocycles. The third-order valence-corrected chi connectivity index (χ3v) is 5.67. The lowest BCUT2D eigenvalue weighted by Crippen LogP contribution is -2.39. The van der Waals surface area contributed by atoms with Crippen molar-refractivity contribution in [2.45, 2.75) is 50.0 Å². The zero-order valence-electron chi connectivity index (χ0n) is 11.1. The van der Waals surface area contributed by atoms with E-state index >= 15 is 0 Å². The Morgan fingerprint density at radius 2 is 1.72 bits per heavy atom. The smallest absolute Gasteiger partial charge is 0.0316 e. The molecule has 0 radical (unpaired) electrons. The van der Waals surface area contributed by atoms with E-state index in [1.807, 2.05) is 0 Å². The molecule has 1 nitrogen and oxygen atoms in total. The van der Waals surface area contributed by atoms with Gasteiger partial charge < -0.3 is 0 Å². The van der Waals surface area contributed by atoms with Crippen LogP contribution in [0.4, 0.5) is 0 Å². The Kier molecular flexibility index (Phi) is 2.51. The Labute approximate surface area is 110 Å². The van der Waals surface area contributed by atoms with E-state index in [4.69, 9.17) is 0 Å². The van der Waals surface area contributed by atoms with Crippen molar-refractivity contribution in [2.24, 2.45) is 5.92 Å². The summed E-state index contributed by atoms with van der Waals surface area (Å²) >= 11 is 0. The molecular weight excluding hydrogens is 218 g/mol. The van der Waals surface area contributed by atoms with Crippen molar-refractivity contribution >= 4 is 0 Å². The quantitative estimate of drug-likeness (QED) is 0.761. The second-order valence-electron chi connectivity index (χ2n) is 6.43. The van der Waals surface area contributed by atoms with Crippen molar-refractivity contribution in [1.29, 1.82) is 0 Å². The van der Waals surface area contributed by atoms with Crippen molar-refractivity contribution in [1.82, 2.24) is 4.90 Å². The molecule has 4 rings (SSSR count). The van der Waals surface area contributed by atoms with E-state index in [0.29, 0.717) is 5.54 Å². The minimum Gasteiger partial charge on any atom is -0.297 e. The average molecular weight is 241 g/mol. The summed E-state index contributed by atoms with van der Waals surface area (Å²) in [6, 6.07) is 11.3. The van der Waals surface area contributed by atoms with Crippen LogP contribution in [0.5, 0.6) is 0 Å². The zero-order valence-corrected chi connectivity index (χ0v) is 11.1. The van der Waals surface area contributed by atoms with E-state index in [-0.39, 0.29) is 0 Å². The Hall–Kier alpha value is -0.820. The summed E-state index contributed by atoms with van der Waals surface area (Å²) in [5, 5.41) is 0. The van der Waals surface area contributed by atoms with Crippen LogP contribution in [0.15, 0.2) is 30.3 Å². The van der Waals surface area contributed by atoms with Crippen molar-refractivity contribution in [2.75, 3.05) is 13.1 Å². The number of rotatable bonds is 2. The van der Waals surface area contributed by atoms with Gasteiger partial charge in [-0.1, -0.05) is 43.2 Å². The maximum Gasteiger partial charge on any atom is 0.0316 e. The van der Waals surface area contributed by atoms with Gasteiger partial charge in [0, 0.05) is 11.5 Å². The molecule has 1 aromatic rings. The first-order valence-electron chi connectivity index (χ1n) is 7.73. The molecule has 2 saturated carbocycles. The number of nitrogens with zero attached hydrogens (tertiary/aromatic N) is 1. The van der Waals surface area contributed by atoms with Gasteiger partial charge in [-0.2, -0.15) is 0 Å². The van der Waals surface area contributed by atoms with E-state index in [1.54, 1.807) is 5.56 Å². The molecule has 0 spiro atoms. The Bertz CT molecular complexity index is 420. The lowest BCUT2D eigenvalue weighted by molar-refractivity contribution is 0.165. The van der Waals surface area contributed by atoms with Crippen LogP contribution in [0.25, 0.3) is 0 Å². The van der Waals surface area contributed by atoms with Crippen LogP contribution in [0.3, 0.4) is 0 Å². The summed E-state index contributed by atoms with van der Waals surface area (Å²) in [6.45, 7) is 2.72. The second kappa shape index (κ2) is 4.09. The van der Waals surface area contributed by atoms with Gasteiger partial charge in [-0.05, 0) is 50.3 Å². The van der Waals surface area contributed by atoms with Crippen LogP contribution < -0.4 is 0 Å². The fourth-order valence-corrected chi connectivity index (χ4v) is 4.94. The van der Waals surface area contributed by atoms with Crippen molar-refractivity contribution in [3.05, 3.63) is 35.9 Å². The first kappa shape index (κ1) is 11.0. The molecule has 0 aromatic heterocycles. The van der Waals surface area contributed by atoms with Gasteiger partial charge in [0.15, 0.2) is 0 Å². The number of hydrogen-bond acceptors (Lipinski definition) is 1. The lowest BCUT2D eigenvalue weighted by Gasteiger charge is -2.32. The van der Waals surface area contributed by atoms with Gasteiger partial charge in [0.05, 0.1) is 0 Å². The molecule has 1 heteroatoms. The topological polar surface area (TPSA) is 3.24 Å². The van der Waals surface area contributed by atoms with Gasteiger partial charge in [-0.25, -0.2) is 0 Å². The Balaban J connectivity index is 1.67. The number of hydrogen-bond donors (Lipinski definition) is 0. The average Bonchev–Trinajstić information content (AvgIpc) is 2.82. The van der Waals surface area contributed by atoms with Crippen LogP contribution in [-0.4, -0.2) is 23.5 Å². The van der Waals surface area contributed by atoms with Crippen LogP contribution in [-0.2, 0) is 0 Å². The summed E-state index contributed by atoms with van der Waals surface area (Å²) in [7, 11) is 0. The van der Waals surface area contributed by atoms with Crippen molar-refractivity contribution < 1.29 is 0 Å². The molecule has 96 valence electrons. The van der Waals surface area contributed by atoms with E-state index in [2.05, 4.69) is 35.2 Å². The highest BCUT2D eigenvalue weighted by molar-refractivity contribution is 5.38. The van der Waals surface area contributed by atoms with E-state index in [9.17, 15) is 0 Å². The predicted octanol–water partition coefficient (Wildman–Crippen LogP) is 3.81. The largest absolute Gasteiger partial charge is 0.297 e. The summed E-state index contributed by atoms with van der Waals surface area (Å²) in [6.07, 6.45) is 8.69. The van der Waals surface area contributed by atoms with Gasteiger partial charge in [0.25, 0.3) is 0 Å². The van der Waals surface area contributed by atoms with Crippen molar-refractivity contribution in [3.8, 4) is 0 Å². The van der Waals surface area contributed by atoms with Gasteiger partial charge in [-0.15, -0.1) is 0 Å². The summed E-state index contributed by atoms with van der Waals surface area (Å²) in [5.41, 5.74) is 2.19. The highest BCUT2D eigenvalue weighted by atomic mass is 15.3. The maximum atomic E-state index is 2.86. The highest BCUT2D eigenvalue weighted by Crippen LogP contribution is 2.67. The molecule has 18 heavy (non-hydrogen) atoms. The van der Waals surface area contributed by atoms with Gasteiger partial charge >= 0.3 is 0 Å². The first-order chi connectivity index (χ1) is 8.93. The zero-order chi connectivity index (χ0) is 12.0. The standard InChI is InChI=1S/C17H23N/c1-2-8-14(9-3-1)16-15-10-4-5-11-17(15,16)18-12-6-7-13-18/h1-3,8-9,15-16H,4-7,10-13H2/t15-,16-,17+/m0/s1. The van der Waals surface area contributed by atoms with Crippen LogP contribution in [0.1, 0.15) is 50.0 Å². The van der Waals surface area contributed by atoms with Crippen molar-refractivity contribution in [3.63, 3.8) is 0 Å². The molecule has 2 aliphatic carbocycles. The number of likely N-dealkylation sites (tertiary alicyclic amines) is 1. The minimum atomic E-state index is 0.579. The second-order valence-corrected chi connectivity index (χ2v) is 6.43. The Morgan fingerprint density at radius 1 is 0.944 bits per heavy atom. The molecule has 0 amide bonds. The molecule has 3 atom stereocenters. The Morgan fingerprint density at radius 3 is 2.50 bits per heavy atom. The molecule has 0 bridgehead atoms. The van der Waals surface area contributed by atoms with E-state index < -0.39 is 0 Å². The monoisotopic (exact) mass is 241 g/mol. The molecule has 1 aliphatic heterocycles. The van der Waals surface area contributed by atoms with Crippen LogP contribution >= 0.6 is 0 Å². The van der Waals surface area contributed by atoms with Gasteiger partial charge in [0.1, 0.15) is 0 Å². The minimum absolute atomic E-state index is 0.579. The molecule has 0 unspecified atom stereocenters. The molecule has 1 aromatic carbocycles. The van der Waals surface area contributed by atoms with Crippen LogP contribution in [0, 0.1) is 5.92 Å². The highest BCUT2D eigenvalue weighted by Gasteiger charge is 2.67. The molecule has 0 N–H and O–H groups in total. The molecule has 3 aliphatic rings. The normalized spacial score (nSPS) is 39.6. The molecular formula is C17H23N. The molecule has 3 fully saturated rings. The fraction of sp³-hybridized carbons (Fsp3) is 0.647. The number of fused-ring (bicyclic) bond motifs is 1. The van der Waals surface area contributed by atoms with E-state index in [1.165, 1.54) is 51.6 Å².